The smallest absolute Gasteiger partial charge is 0.240 e. The summed E-state index contributed by atoms with van der Waals surface area (Å²) in [6.07, 6.45) is 2.87. The number of rotatable bonds is 4. The van der Waals surface area contributed by atoms with Gasteiger partial charge in [0.1, 0.15) is 0 Å². The third-order valence-electron chi connectivity index (χ3n) is 3.29. The van der Waals surface area contributed by atoms with Crippen LogP contribution in [-0.2, 0) is 14.8 Å². The molecule has 3 N–H and O–H groups in total. The molecule has 0 radical (unpaired) electrons. The molecule has 0 aromatic carbocycles. The number of halogens is 1. The summed E-state index contributed by atoms with van der Waals surface area (Å²) in [6, 6.07) is -0.715. The van der Waals surface area contributed by atoms with Crippen LogP contribution in [0.3, 0.4) is 0 Å². The van der Waals surface area contributed by atoms with Gasteiger partial charge >= 0.3 is 0 Å². The van der Waals surface area contributed by atoms with Crippen LogP contribution in [0.2, 0.25) is 0 Å². The van der Waals surface area contributed by atoms with Crippen LogP contribution >= 0.6 is 12.4 Å². The van der Waals surface area contributed by atoms with Crippen molar-refractivity contribution in [2.24, 2.45) is 11.7 Å². The molecule has 1 saturated heterocycles. The summed E-state index contributed by atoms with van der Waals surface area (Å²) in [7, 11) is -3.37. The summed E-state index contributed by atoms with van der Waals surface area (Å²) in [5.41, 5.74) is 5.69. The molecule has 1 fully saturated rings. The number of hydrogen-bond acceptors (Lipinski definition) is 4. The largest absolute Gasteiger partial charge is 0.337 e. The van der Waals surface area contributed by atoms with Gasteiger partial charge in [-0.25, -0.2) is 13.1 Å². The summed E-state index contributed by atoms with van der Waals surface area (Å²) in [4.78, 5) is 13.9. The van der Waals surface area contributed by atoms with Crippen LogP contribution in [0.4, 0.5) is 0 Å². The van der Waals surface area contributed by atoms with Crippen molar-refractivity contribution in [3.63, 3.8) is 0 Å². The number of nitrogens with one attached hydrogen (secondary N) is 1. The van der Waals surface area contributed by atoms with Crippen molar-refractivity contribution < 1.29 is 13.2 Å². The van der Waals surface area contributed by atoms with Crippen molar-refractivity contribution in [3.05, 3.63) is 0 Å². The van der Waals surface area contributed by atoms with Crippen molar-refractivity contribution in [1.29, 1.82) is 0 Å². The molecule has 0 aliphatic carbocycles. The number of nitrogens with zero attached hydrogens (tertiary/aromatic N) is 1. The second kappa shape index (κ2) is 7.42. The average molecular weight is 314 g/mol. The average Bonchev–Trinajstić information content (AvgIpc) is 2.25. The minimum absolute atomic E-state index is 0. The molecular formula is C11H24ClN3O3S. The third-order valence-corrected chi connectivity index (χ3v) is 4.08. The van der Waals surface area contributed by atoms with E-state index in [1.165, 1.54) is 0 Å². The highest BCUT2D eigenvalue weighted by Gasteiger charge is 2.32. The first-order chi connectivity index (χ1) is 8.24. The molecule has 3 atom stereocenters. The lowest BCUT2D eigenvalue weighted by atomic mass is 9.92. The molecule has 6 nitrogen and oxygen atoms in total. The molecule has 1 amide bonds. The standard InChI is InChI=1S/C11H23N3O3S.ClH/c1-8-4-5-14(10(6-8)7-12)11(15)9(2)13-18(3,16)17;/h8-10,13H,4-7,12H2,1-3H3;1H. The Morgan fingerprint density at radius 3 is 2.58 bits per heavy atom. The number of nitrogens with two attached hydrogens (primary N) is 1. The van der Waals surface area contributed by atoms with Crippen LogP contribution in [0, 0.1) is 5.92 Å². The first kappa shape index (κ1) is 18.6. The number of amides is 1. The highest BCUT2D eigenvalue weighted by atomic mass is 35.5. The van der Waals surface area contributed by atoms with Crippen LogP contribution in [0.15, 0.2) is 0 Å². The summed E-state index contributed by atoms with van der Waals surface area (Å²) in [5.74, 6) is 0.364. The first-order valence-electron chi connectivity index (χ1n) is 6.22. The van der Waals surface area contributed by atoms with Gasteiger partial charge in [-0.05, 0) is 25.7 Å². The van der Waals surface area contributed by atoms with E-state index in [-0.39, 0.29) is 24.4 Å². The Kier molecular flexibility index (Phi) is 7.28. The molecule has 114 valence electrons. The fourth-order valence-electron chi connectivity index (χ4n) is 2.39. The molecule has 0 aromatic heterocycles. The van der Waals surface area contributed by atoms with Crippen LogP contribution in [0.1, 0.15) is 26.7 Å². The van der Waals surface area contributed by atoms with Gasteiger partial charge in [0.25, 0.3) is 0 Å². The molecule has 19 heavy (non-hydrogen) atoms. The van der Waals surface area contributed by atoms with Crippen LogP contribution < -0.4 is 10.5 Å². The normalized spacial score (nSPS) is 25.6. The maximum absolute atomic E-state index is 12.2. The van der Waals surface area contributed by atoms with Gasteiger partial charge in [0.05, 0.1) is 12.3 Å². The molecule has 1 heterocycles. The van der Waals surface area contributed by atoms with E-state index in [1.54, 1.807) is 11.8 Å². The SMILES string of the molecule is CC1CCN(C(=O)C(C)NS(C)(=O)=O)C(CN)C1.Cl. The molecule has 8 heteroatoms. The summed E-state index contributed by atoms with van der Waals surface area (Å²) >= 11 is 0. The van der Waals surface area contributed by atoms with Crippen LogP contribution in [0.5, 0.6) is 0 Å². The Morgan fingerprint density at radius 1 is 1.53 bits per heavy atom. The molecule has 1 aliphatic rings. The zero-order valence-electron chi connectivity index (χ0n) is 11.6. The lowest BCUT2D eigenvalue weighted by Gasteiger charge is -2.39. The van der Waals surface area contributed by atoms with Gasteiger partial charge in [-0.2, -0.15) is 0 Å². The monoisotopic (exact) mass is 313 g/mol. The number of hydrogen-bond donors (Lipinski definition) is 2. The maximum atomic E-state index is 12.2. The van der Waals surface area contributed by atoms with Crippen LogP contribution in [0.25, 0.3) is 0 Å². The van der Waals surface area contributed by atoms with Crippen LogP contribution in [-0.4, -0.2) is 50.7 Å². The predicted octanol–water partition coefficient (Wildman–Crippen LogP) is -0.0683. The number of sulfonamides is 1. The molecular weight excluding hydrogens is 290 g/mol. The number of carbonyl (C=O) groups excluding carboxylic acids is 1. The predicted molar refractivity (Wildman–Crippen MR) is 77.6 cm³/mol. The second-order valence-corrected chi connectivity index (χ2v) is 6.94. The lowest BCUT2D eigenvalue weighted by Crippen LogP contribution is -2.55. The Morgan fingerprint density at radius 2 is 2.11 bits per heavy atom. The number of carbonyl (C=O) groups is 1. The zero-order valence-corrected chi connectivity index (χ0v) is 13.3. The summed E-state index contributed by atoms with van der Waals surface area (Å²) in [6.45, 7) is 4.77. The second-order valence-electron chi connectivity index (χ2n) is 5.16. The molecule has 0 aromatic rings. The van der Waals surface area contributed by atoms with E-state index in [1.807, 2.05) is 0 Å². The fourth-order valence-corrected chi connectivity index (χ4v) is 3.13. The fraction of sp³-hybridized carbons (Fsp3) is 0.909. The Bertz CT molecular complexity index is 402. The van der Waals surface area contributed by atoms with Gasteiger partial charge in [0, 0.05) is 19.1 Å². The summed E-state index contributed by atoms with van der Waals surface area (Å²) < 4.78 is 24.6. The van der Waals surface area contributed by atoms with Gasteiger partial charge in [-0.3, -0.25) is 4.79 Å². The van der Waals surface area contributed by atoms with Crippen molar-refractivity contribution >= 4 is 28.3 Å². The Labute approximate surface area is 121 Å². The third kappa shape index (κ3) is 5.64. The van der Waals surface area contributed by atoms with Crippen molar-refractivity contribution in [2.75, 3.05) is 19.3 Å². The van der Waals surface area contributed by atoms with Gasteiger partial charge in [0.15, 0.2) is 0 Å². The van der Waals surface area contributed by atoms with E-state index >= 15 is 0 Å². The van der Waals surface area contributed by atoms with Crippen molar-refractivity contribution in [2.45, 2.75) is 38.8 Å². The van der Waals surface area contributed by atoms with Crippen molar-refractivity contribution in [3.8, 4) is 0 Å². The molecule has 0 saturated carbocycles. The van der Waals surface area contributed by atoms with Gasteiger partial charge in [-0.15, -0.1) is 12.4 Å². The number of piperidine rings is 1. The summed E-state index contributed by atoms with van der Waals surface area (Å²) in [5, 5.41) is 0. The van der Waals surface area contributed by atoms with E-state index in [0.29, 0.717) is 19.0 Å². The Balaban J connectivity index is 0.00000324. The van der Waals surface area contributed by atoms with E-state index in [4.69, 9.17) is 5.73 Å². The molecule has 1 aliphatic heterocycles. The van der Waals surface area contributed by atoms with Crippen molar-refractivity contribution in [1.82, 2.24) is 9.62 Å². The van der Waals surface area contributed by atoms with E-state index in [0.717, 1.165) is 19.1 Å². The quantitative estimate of drug-likeness (QED) is 0.760. The topological polar surface area (TPSA) is 92.5 Å². The van der Waals surface area contributed by atoms with E-state index in [9.17, 15) is 13.2 Å². The lowest BCUT2D eigenvalue weighted by molar-refractivity contribution is -0.136. The first-order valence-corrected chi connectivity index (χ1v) is 8.11. The number of likely N-dealkylation sites (tertiary alicyclic amines) is 1. The molecule has 1 rings (SSSR count). The minimum Gasteiger partial charge on any atom is -0.337 e. The maximum Gasteiger partial charge on any atom is 0.240 e. The van der Waals surface area contributed by atoms with Gasteiger partial charge < -0.3 is 10.6 Å². The van der Waals surface area contributed by atoms with E-state index < -0.39 is 16.1 Å². The minimum atomic E-state index is -3.37. The molecule has 3 unspecified atom stereocenters. The highest BCUT2D eigenvalue weighted by molar-refractivity contribution is 7.88. The Hall–Kier alpha value is -0.370. The highest BCUT2D eigenvalue weighted by Crippen LogP contribution is 2.22. The molecule has 0 bridgehead atoms. The molecule has 0 spiro atoms. The van der Waals surface area contributed by atoms with E-state index in [2.05, 4.69) is 11.6 Å². The zero-order chi connectivity index (χ0) is 13.9. The van der Waals surface area contributed by atoms with Gasteiger partial charge in [0.2, 0.25) is 15.9 Å². The van der Waals surface area contributed by atoms with Gasteiger partial charge in [-0.1, -0.05) is 6.92 Å².